The number of carbonyl (C=O) groups excluding carboxylic acids is 1. The quantitative estimate of drug-likeness (QED) is 0.887. The van der Waals surface area contributed by atoms with Gasteiger partial charge in [0.2, 0.25) is 0 Å². The Labute approximate surface area is 135 Å². The minimum absolute atomic E-state index is 0.236. The number of urea groups is 1. The molecule has 1 saturated heterocycles. The first-order valence-corrected chi connectivity index (χ1v) is 8.02. The fourth-order valence-electron chi connectivity index (χ4n) is 2.65. The van der Waals surface area contributed by atoms with E-state index < -0.39 is 0 Å². The van der Waals surface area contributed by atoms with Crippen LogP contribution >= 0.6 is 0 Å². The van der Waals surface area contributed by atoms with Gasteiger partial charge in [-0.15, -0.1) is 0 Å². The molecule has 0 aliphatic carbocycles. The van der Waals surface area contributed by atoms with Crippen molar-refractivity contribution in [2.75, 3.05) is 23.3 Å². The zero-order valence-electron chi connectivity index (χ0n) is 13.3. The number of amides is 2. The van der Waals surface area contributed by atoms with Gasteiger partial charge in [-0.05, 0) is 37.5 Å². The second-order valence-electron chi connectivity index (χ2n) is 5.61. The van der Waals surface area contributed by atoms with E-state index in [1.54, 1.807) is 23.3 Å². The first kappa shape index (κ1) is 15.3. The van der Waals surface area contributed by atoms with Crippen molar-refractivity contribution < 1.29 is 4.79 Å². The molecule has 1 aliphatic heterocycles. The zero-order valence-corrected chi connectivity index (χ0v) is 13.3. The molecule has 23 heavy (non-hydrogen) atoms. The summed E-state index contributed by atoms with van der Waals surface area (Å²) < 4.78 is 1.76. The number of aryl methyl sites for hydroxylation is 1. The SMILES string of the molecule is CCn1cc(NC(=O)NCc2ccnc(N3CCCC3)c2)cn1. The van der Waals surface area contributed by atoms with Gasteiger partial charge in [0.25, 0.3) is 0 Å². The maximum atomic E-state index is 11.9. The molecule has 0 aromatic carbocycles. The van der Waals surface area contributed by atoms with E-state index in [9.17, 15) is 4.79 Å². The Kier molecular flexibility index (Phi) is 4.75. The molecule has 0 atom stereocenters. The van der Waals surface area contributed by atoms with Crippen LogP contribution in [0.4, 0.5) is 16.3 Å². The number of aromatic nitrogens is 3. The molecule has 2 N–H and O–H groups in total. The predicted octanol–water partition coefficient (Wildman–Crippen LogP) is 2.22. The molecular weight excluding hydrogens is 292 g/mol. The van der Waals surface area contributed by atoms with Crippen molar-refractivity contribution in [3.63, 3.8) is 0 Å². The highest BCUT2D eigenvalue weighted by Gasteiger charge is 2.13. The summed E-state index contributed by atoms with van der Waals surface area (Å²) in [5.74, 6) is 0.992. The average molecular weight is 314 g/mol. The normalized spacial score (nSPS) is 14.0. The van der Waals surface area contributed by atoms with Crippen molar-refractivity contribution in [2.45, 2.75) is 32.9 Å². The number of hydrogen-bond acceptors (Lipinski definition) is 4. The number of nitrogens with zero attached hydrogens (tertiary/aromatic N) is 4. The van der Waals surface area contributed by atoms with Crippen LogP contribution in [0.5, 0.6) is 0 Å². The van der Waals surface area contributed by atoms with Gasteiger partial charge in [0.15, 0.2) is 0 Å². The lowest BCUT2D eigenvalue weighted by molar-refractivity contribution is 0.251. The van der Waals surface area contributed by atoms with E-state index in [1.807, 2.05) is 19.1 Å². The van der Waals surface area contributed by atoms with Gasteiger partial charge in [0.1, 0.15) is 5.82 Å². The minimum atomic E-state index is -0.236. The molecular formula is C16H22N6O. The van der Waals surface area contributed by atoms with E-state index in [0.29, 0.717) is 12.2 Å². The molecule has 2 amide bonds. The van der Waals surface area contributed by atoms with Crippen LogP contribution in [0.1, 0.15) is 25.3 Å². The summed E-state index contributed by atoms with van der Waals surface area (Å²) in [4.78, 5) is 18.6. The van der Waals surface area contributed by atoms with Crippen LogP contribution in [0.3, 0.4) is 0 Å². The summed E-state index contributed by atoms with van der Waals surface area (Å²) >= 11 is 0. The van der Waals surface area contributed by atoms with Crippen LogP contribution in [0.2, 0.25) is 0 Å². The van der Waals surface area contributed by atoms with Gasteiger partial charge in [-0.3, -0.25) is 4.68 Å². The highest BCUT2D eigenvalue weighted by atomic mass is 16.2. The molecule has 0 radical (unpaired) electrons. The van der Waals surface area contributed by atoms with Gasteiger partial charge in [-0.2, -0.15) is 5.10 Å². The number of pyridine rings is 1. The fraction of sp³-hybridized carbons (Fsp3) is 0.438. The largest absolute Gasteiger partial charge is 0.357 e. The summed E-state index contributed by atoms with van der Waals surface area (Å²) in [5.41, 5.74) is 1.73. The maximum absolute atomic E-state index is 11.9. The summed E-state index contributed by atoms with van der Waals surface area (Å²) in [6.07, 6.45) is 7.68. The fourth-order valence-corrected chi connectivity index (χ4v) is 2.65. The van der Waals surface area contributed by atoms with Crippen LogP contribution in [0, 0.1) is 0 Å². The standard InChI is InChI=1S/C16H22N6O/c1-2-22-12-14(11-19-22)20-16(23)18-10-13-5-6-17-15(9-13)21-7-3-4-8-21/h5-6,9,11-12H,2-4,7-8,10H2,1H3,(H2,18,20,23). The topological polar surface area (TPSA) is 75.1 Å². The van der Waals surface area contributed by atoms with Gasteiger partial charge in [-0.25, -0.2) is 9.78 Å². The van der Waals surface area contributed by atoms with E-state index in [-0.39, 0.29) is 6.03 Å². The van der Waals surface area contributed by atoms with E-state index >= 15 is 0 Å². The van der Waals surface area contributed by atoms with E-state index in [2.05, 4.69) is 25.6 Å². The molecule has 0 unspecified atom stereocenters. The summed E-state index contributed by atoms with van der Waals surface area (Å²) in [5, 5.41) is 9.76. The highest BCUT2D eigenvalue weighted by Crippen LogP contribution is 2.18. The van der Waals surface area contributed by atoms with Crippen molar-refractivity contribution >= 4 is 17.5 Å². The Hall–Kier alpha value is -2.57. The van der Waals surface area contributed by atoms with Crippen molar-refractivity contribution in [3.8, 4) is 0 Å². The number of rotatable bonds is 5. The third-order valence-corrected chi connectivity index (χ3v) is 3.91. The second kappa shape index (κ2) is 7.13. The van der Waals surface area contributed by atoms with Crippen LogP contribution in [0.25, 0.3) is 0 Å². The predicted molar refractivity (Wildman–Crippen MR) is 89.4 cm³/mol. The molecule has 2 aromatic heterocycles. The monoisotopic (exact) mass is 314 g/mol. The van der Waals surface area contributed by atoms with Crippen molar-refractivity contribution in [2.24, 2.45) is 0 Å². The van der Waals surface area contributed by atoms with Crippen molar-refractivity contribution in [1.82, 2.24) is 20.1 Å². The summed E-state index contributed by atoms with van der Waals surface area (Å²) in [7, 11) is 0. The van der Waals surface area contributed by atoms with Crippen molar-refractivity contribution in [3.05, 3.63) is 36.3 Å². The average Bonchev–Trinajstić information content (AvgIpc) is 3.25. The van der Waals surface area contributed by atoms with Crippen LogP contribution < -0.4 is 15.5 Å². The van der Waals surface area contributed by atoms with E-state index in [4.69, 9.17) is 0 Å². The molecule has 3 heterocycles. The summed E-state index contributed by atoms with van der Waals surface area (Å²) in [6.45, 7) is 5.37. The zero-order chi connectivity index (χ0) is 16.1. The van der Waals surface area contributed by atoms with Gasteiger partial charge in [0, 0.05) is 38.6 Å². The maximum Gasteiger partial charge on any atom is 0.319 e. The van der Waals surface area contributed by atoms with E-state index in [1.165, 1.54) is 12.8 Å². The van der Waals surface area contributed by atoms with Crippen molar-refractivity contribution in [1.29, 1.82) is 0 Å². The molecule has 0 saturated carbocycles. The van der Waals surface area contributed by atoms with Crippen LogP contribution in [-0.4, -0.2) is 33.9 Å². The number of anilines is 2. The lowest BCUT2D eigenvalue weighted by atomic mass is 10.2. The molecule has 0 spiro atoms. The van der Waals surface area contributed by atoms with Gasteiger partial charge in [0.05, 0.1) is 11.9 Å². The Bertz CT molecular complexity index is 662. The molecule has 1 aliphatic rings. The third-order valence-electron chi connectivity index (χ3n) is 3.91. The Morgan fingerprint density at radius 1 is 1.35 bits per heavy atom. The lowest BCUT2D eigenvalue weighted by Crippen LogP contribution is -2.28. The Morgan fingerprint density at radius 2 is 2.17 bits per heavy atom. The highest BCUT2D eigenvalue weighted by molar-refractivity contribution is 5.88. The van der Waals surface area contributed by atoms with Crippen LogP contribution in [-0.2, 0) is 13.1 Å². The number of nitrogens with one attached hydrogen (secondary N) is 2. The van der Waals surface area contributed by atoms with Gasteiger partial charge in [-0.1, -0.05) is 0 Å². The van der Waals surface area contributed by atoms with E-state index in [0.717, 1.165) is 31.0 Å². The molecule has 1 fully saturated rings. The first-order chi connectivity index (χ1) is 11.2. The lowest BCUT2D eigenvalue weighted by Gasteiger charge is -2.17. The smallest absolute Gasteiger partial charge is 0.319 e. The Balaban J connectivity index is 1.53. The third kappa shape index (κ3) is 4.00. The molecule has 7 heteroatoms. The van der Waals surface area contributed by atoms with Gasteiger partial charge >= 0.3 is 6.03 Å². The minimum Gasteiger partial charge on any atom is -0.357 e. The van der Waals surface area contributed by atoms with Crippen LogP contribution in [0.15, 0.2) is 30.7 Å². The molecule has 7 nitrogen and oxygen atoms in total. The summed E-state index contributed by atoms with van der Waals surface area (Å²) in [6, 6.07) is 3.73. The molecule has 122 valence electrons. The molecule has 3 rings (SSSR count). The number of carbonyl (C=O) groups is 1. The number of hydrogen-bond donors (Lipinski definition) is 2. The Morgan fingerprint density at radius 3 is 2.91 bits per heavy atom. The molecule has 0 bridgehead atoms. The second-order valence-corrected chi connectivity index (χ2v) is 5.61. The first-order valence-electron chi connectivity index (χ1n) is 8.02. The molecule has 2 aromatic rings. The van der Waals surface area contributed by atoms with Gasteiger partial charge < -0.3 is 15.5 Å².